The van der Waals surface area contributed by atoms with Crippen LogP contribution in [-0.4, -0.2) is 61.4 Å². The molecule has 2 heterocycles. The van der Waals surface area contributed by atoms with Gasteiger partial charge in [-0.05, 0) is 42.9 Å². The Morgan fingerprint density at radius 2 is 1.79 bits per heavy atom. The number of anilines is 3. The number of nitriles is 1. The zero-order chi connectivity index (χ0) is 26.6. The number of hydrogen-bond donors (Lipinski definition) is 3. The molecular formula is C29H27ClN6O2. The molecule has 0 saturated carbocycles. The Morgan fingerprint density at radius 1 is 1.03 bits per heavy atom. The molecule has 0 bridgehead atoms. The molecule has 1 saturated heterocycles. The van der Waals surface area contributed by atoms with Crippen LogP contribution in [-0.2, 0) is 9.59 Å². The van der Waals surface area contributed by atoms with Gasteiger partial charge in [-0.15, -0.1) is 0 Å². The van der Waals surface area contributed by atoms with Crippen molar-refractivity contribution in [1.29, 1.82) is 5.26 Å². The van der Waals surface area contributed by atoms with E-state index in [2.05, 4.69) is 38.9 Å². The van der Waals surface area contributed by atoms with Gasteiger partial charge in [0.05, 0.1) is 34.8 Å². The van der Waals surface area contributed by atoms with E-state index in [-0.39, 0.29) is 18.4 Å². The van der Waals surface area contributed by atoms with Crippen LogP contribution in [0.3, 0.4) is 0 Å². The zero-order valence-corrected chi connectivity index (χ0v) is 21.7. The Morgan fingerprint density at radius 3 is 2.53 bits per heavy atom. The summed E-state index contributed by atoms with van der Waals surface area (Å²) in [7, 11) is 2.07. The van der Waals surface area contributed by atoms with Crippen LogP contribution in [0.15, 0.2) is 66.7 Å². The number of nitrogens with one attached hydrogen (secondary N) is 3. The topological polar surface area (TPSA) is 100 Å². The van der Waals surface area contributed by atoms with Crippen molar-refractivity contribution in [3.05, 3.63) is 88.4 Å². The summed E-state index contributed by atoms with van der Waals surface area (Å²) in [5.41, 5.74) is 4.64. The minimum absolute atomic E-state index is 0.156. The average Bonchev–Trinajstić information content (AvgIpc) is 3.24. The van der Waals surface area contributed by atoms with Gasteiger partial charge in [0.1, 0.15) is 6.07 Å². The highest BCUT2D eigenvalue weighted by Crippen LogP contribution is 2.39. The normalized spacial score (nSPS) is 16.8. The van der Waals surface area contributed by atoms with Gasteiger partial charge < -0.3 is 20.9 Å². The van der Waals surface area contributed by atoms with Crippen LogP contribution in [0.2, 0.25) is 5.02 Å². The van der Waals surface area contributed by atoms with E-state index in [1.807, 2.05) is 36.4 Å². The molecule has 0 radical (unpaired) electrons. The number of rotatable bonds is 6. The molecule has 8 nitrogen and oxygen atoms in total. The predicted octanol–water partition coefficient (Wildman–Crippen LogP) is 4.33. The Balaban J connectivity index is 1.42. The van der Waals surface area contributed by atoms with E-state index in [9.17, 15) is 14.9 Å². The third-order valence-electron chi connectivity index (χ3n) is 6.69. The van der Waals surface area contributed by atoms with Crippen LogP contribution in [0.5, 0.6) is 0 Å². The highest BCUT2D eigenvalue weighted by molar-refractivity contribution is 6.38. The highest BCUT2D eigenvalue weighted by atomic mass is 35.5. The molecule has 192 valence electrons. The first-order valence-electron chi connectivity index (χ1n) is 12.3. The predicted molar refractivity (Wildman–Crippen MR) is 151 cm³/mol. The molecule has 0 aromatic heterocycles. The molecule has 3 aromatic carbocycles. The van der Waals surface area contributed by atoms with Crippen molar-refractivity contribution in [1.82, 2.24) is 9.80 Å². The largest absolute Gasteiger partial charge is 0.354 e. The molecule has 3 N–H and O–H groups in total. The smallest absolute Gasteiger partial charge is 0.258 e. The SMILES string of the molecule is CN1CCN(CC(=O)Nc2ccc(N/C(=C3\C(=O)Nc4cc(Cl)ccc43)c3ccccc3)cc2C#N)CC1. The standard InChI is InChI=1S/C29H27ClN6O2/c1-35-11-13-36(14-12-35)18-26(37)33-24-10-8-22(15-20(24)17-31)32-28(19-5-3-2-4-6-19)27-23-9-7-21(30)16-25(23)34-29(27)38/h2-10,15-16,32H,11-14,18H2,1H3,(H,33,37)(H,34,38)/b28-27-. The van der Waals surface area contributed by atoms with Crippen molar-refractivity contribution < 1.29 is 9.59 Å². The lowest BCUT2D eigenvalue weighted by Crippen LogP contribution is -2.47. The molecule has 0 atom stereocenters. The van der Waals surface area contributed by atoms with Gasteiger partial charge in [-0.3, -0.25) is 14.5 Å². The lowest BCUT2D eigenvalue weighted by Gasteiger charge is -2.31. The van der Waals surface area contributed by atoms with Crippen molar-refractivity contribution in [2.24, 2.45) is 0 Å². The van der Waals surface area contributed by atoms with E-state index in [4.69, 9.17) is 11.6 Å². The first-order chi connectivity index (χ1) is 18.4. The number of hydrogen-bond acceptors (Lipinski definition) is 6. The molecule has 9 heteroatoms. The third-order valence-corrected chi connectivity index (χ3v) is 6.92. The van der Waals surface area contributed by atoms with E-state index in [1.165, 1.54) is 0 Å². The maximum Gasteiger partial charge on any atom is 0.258 e. The molecule has 5 rings (SSSR count). The van der Waals surface area contributed by atoms with Crippen LogP contribution in [0, 0.1) is 11.3 Å². The number of piperazine rings is 1. The molecule has 0 spiro atoms. The minimum Gasteiger partial charge on any atom is -0.354 e. The van der Waals surface area contributed by atoms with Gasteiger partial charge in [0.2, 0.25) is 5.91 Å². The second-order valence-corrected chi connectivity index (χ2v) is 9.82. The Labute approximate surface area is 226 Å². The second-order valence-electron chi connectivity index (χ2n) is 9.38. The first kappa shape index (κ1) is 25.5. The summed E-state index contributed by atoms with van der Waals surface area (Å²) in [5.74, 6) is -0.404. The summed E-state index contributed by atoms with van der Waals surface area (Å²) in [5, 5.41) is 19.5. The fourth-order valence-electron chi connectivity index (χ4n) is 4.64. The van der Waals surface area contributed by atoms with Crippen LogP contribution >= 0.6 is 11.6 Å². The molecular weight excluding hydrogens is 500 g/mol. The third kappa shape index (κ3) is 5.55. The molecule has 2 aliphatic rings. The summed E-state index contributed by atoms with van der Waals surface area (Å²) < 4.78 is 0. The quantitative estimate of drug-likeness (QED) is 0.413. The van der Waals surface area contributed by atoms with Crippen molar-refractivity contribution in [3.8, 4) is 6.07 Å². The van der Waals surface area contributed by atoms with Crippen LogP contribution < -0.4 is 16.0 Å². The monoisotopic (exact) mass is 526 g/mol. The number of benzene rings is 3. The minimum atomic E-state index is -0.248. The fraction of sp³-hybridized carbons (Fsp3) is 0.207. The van der Waals surface area contributed by atoms with Gasteiger partial charge >= 0.3 is 0 Å². The van der Waals surface area contributed by atoms with Gasteiger partial charge in [0, 0.05) is 42.5 Å². The maximum absolute atomic E-state index is 13.1. The number of amides is 2. The van der Waals surface area contributed by atoms with Crippen molar-refractivity contribution in [3.63, 3.8) is 0 Å². The zero-order valence-electron chi connectivity index (χ0n) is 20.9. The van der Waals surface area contributed by atoms with Gasteiger partial charge in [-0.2, -0.15) is 5.26 Å². The maximum atomic E-state index is 13.1. The number of nitrogens with zero attached hydrogens (tertiary/aromatic N) is 3. The van der Waals surface area contributed by atoms with Gasteiger partial charge in [-0.25, -0.2) is 0 Å². The number of carbonyl (C=O) groups excluding carboxylic acids is 2. The van der Waals surface area contributed by atoms with E-state index >= 15 is 0 Å². The molecule has 3 aromatic rings. The van der Waals surface area contributed by atoms with E-state index < -0.39 is 0 Å². The van der Waals surface area contributed by atoms with E-state index in [0.29, 0.717) is 38.9 Å². The van der Waals surface area contributed by atoms with Gasteiger partial charge in [0.25, 0.3) is 5.91 Å². The molecule has 2 amide bonds. The number of halogens is 1. The molecule has 2 aliphatic heterocycles. The molecule has 0 unspecified atom stereocenters. The Kier molecular flexibility index (Phi) is 7.43. The summed E-state index contributed by atoms with van der Waals surface area (Å²) in [4.78, 5) is 30.1. The lowest BCUT2D eigenvalue weighted by atomic mass is 10.00. The first-order valence-corrected chi connectivity index (χ1v) is 12.7. The molecule has 1 fully saturated rings. The van der Waals surface area contributed by atoms with Crippen molar-refractivity contribution >= 4 is 51.7 Å². The molecule has 0 aliphatic carbocycles. The Bertz CT molecular complexity index is 1460. The van der Waals surface area contributed by atoms with E-state index in [0.717, 1.165) is 37.3 Å². The van der Waals surface area contributed by atoms with Crippen molar-refractivity contribution in [2.45, 2.75) is 0 Å². The summed E-state index contributed by atoms with van der Waals surface area (Å²) in [6.45, 7) is 3.79. The number of likely N-dealkylation sites (N-methyl/N-ethyl adjacent to an activating group) is 1. The highest BCUT2D eigenvalue weighted by Gasteiger charge is 2.28. The fourth-order valence-corrected chi connectivity index (χ4v) is 4.82. The van der Waals surface area contributed by atoms with Crippen LogP contribution in [0.25, 0.3) is 11.3 Å². The van der Waals surface area contributed by atoms with Crippen molar-refractivity contribution in [2.75, 3.05) is 55.7 Å². The average molecular weight is 527 g/mol. The summed E-state index contributed by atoms with van der Waals surface area (Å²) in [6.07, 6.45) is 0. The van der Waals surface area contributed by atoms with Crippen LogP contribution in [0.4, 0.5) is 17.1 Å². The Hall–Kier alpha value is -4.16. The lowest BCUT2D eigenvalue weighted by molar-refractivity contribution is -0.117. The van der Waals surface area contributed by atoms with E-state index in [1.54, 1.807) is 30.3 Å². The van der Waals surface area contributed by atoms with Gasteiger partial charge in [-0.1, -0.05) is 48.0 Å². The summed E-state index contributed by atoms with van der Waals surface area (Å²) >= 11 is 6.14. The molecule has 38 heavy (non-hydrogen) atoms. The summed E-state index contributed by atoms with van der Waals surface area (Å²) in [6, 6.07) is 22.1. The van der Waals surface area contributed by atoms with Crippen LogP contribution in [0.1, 0.15) is 16.7 Å². The number of carbonyl (C=O) groups is 2. The van der Waals surface area contributed by atoms with Gasteiger partial charge in [0.15, 0.2) is 0 Å². The number of fused-ring (bicyclic) bond motifs is 1. The second kappa shape index (κ2) is 11.1.